The zero-order valence-electron chi connectivity index (χ0n) is 9.73. The molecule has 0 amide bonds. The third-order valence-electron chi connectivity index (χ3n) is 2.70. The first kappa shape index (κ1) is 13.8. The average Bonchev–Trinajstić information content (AvgIpc) is 2.65. The molecule has 0 nitrogen and oxygen atoms in total. The van der Waals surface area contributed by atoms with Crippen molar-refractivity contribution < 1.29 is 8.78 Å². The van der Waals surface area contributed by atoms with Crippen molar-refractivity contribution in [1.82, 2.24) is 0 Å². The van der Waals surface area contributed by atoms with Gasteiger partial charge in [-0.1, -0.05) is 17.7 Å². The van der Waals surface area contributed by atoms with Crippen molar-refractivity contribution in [3.63, 3.8) is 0 Å². The van der Waals surface area contributed by atoms with Crippen LogP contribution >= 0.6 is 34.5 Å². The van der Waals surface area contributed by atoms with Gasteiger partial charge in [0.15, 0.2) is 0 Å². The predicted molar refractivity (Wildman–Crippen MR) is 72.9 cm³/mol. The molecule has 0 aliphatic rings. The molecule has 1 aromatic heterocycles. The van der Waals surface area contributed by atoms with E-state index in [-0.39, 0.29) is 5.56 Å². The summed E-state index contributed by atoms with van der Waals surface area (Å²) in [5.41, 5.74) is 1.11. The number of benzene rings is 1. The summed E-state index contributed by atoms with van der Waals surface area (Å²) in [6.45, 7) is 3.41. The number of aryl methyl sites for hydroxylation is 2. The highest BCUT2D eigenvalue weighted by molar-refractivity contribution is 7.16. The van der Waals surface area contributed by atoms with E-state index < -0.39 is 17.0 Å². The van der Waals surface area contributed by atoms with Crippen molar-refractivity contribution in [2.75, 3.05) is 0 Å². The molecule has 1 heterocycles. The summed E-state index contributed by atoms with van der Waals surface area (Å²) in [6, 6.07) is 4.38. The summed E-state index contributed by atoms with van der Waals surface area (Å²) in [5.74, 6) is -1.24. The molecule has 2 aromatic rings. The van der Waals surface area contributed by atoms with Gasteiger partial charge >= 0.3 is 0 Å². The lowest BCUT2D eigenvalue weighted by Gasteiger charge is -2.11. The van der Waals surface area contributed by atoms with E-state index in [9.17, 15) is 8.78 Å². The van der Waals surface area contributed by atoms with Crippen LogP contribution in [0.4, 0.5) is 8.78 Å². The van der Waals surface area contributed by atoms with Gasteiger partial charge in [-0.05, 0) is 37.1 Å². The van der Waals surface area contributed by atoms with Crippen molar-refractivity contribution >= 4 is 34.5 Å². The number of hydrogen-bond donors (Lipinski definition) is 0. The van der Waals surface area contributed by atoms with Crippen LogP contribution in [0.25, 0.3) is 0 Å². The van der Waals surface area contributed by atoms with Crippen molar-refractivity contribution in [2.24, 2.45) is 0 Å². The second-order valence-corrected chi connectivity index (χ2v) is 6.18. The lowest BCUT2D eigenvalue weighted by molar-refractivity contribution is 0.554. The monoisotopic (exact) mass is 306 g/mol. The summed E-state index contributed by atoms with van der Waals surface area (Å²) in [6.07, 6.45) is 0. The Morgan fingerprint density at radius 2 is 1.83 bits per heavy atom. The topological polar surface area (TPSA) is 0 Å². The zero-order chi connectivity index (χ0) is 13.4. The molecular formula is C13H10Cl2F2S. The molecule has 1 unspecified atom stereocenters. The molecule has 0 aliphatic carbocycles. The molecule has 0 saturated heterocycles. The highest BCUT2D eigenvalue weighted by atomic mass is 35.5. The van der Waals surface area contributed by atoms with E-state index in [2.05, 4.69) is 0 Å². The van der Waals surface area contributed by atoms with Crippen molar-refractivity contribution in [3.8, 4) is 0 Å². The third kappa shape index (κ3) is 2.40. The number of hydrogen-bond acceptors (Lipinski definition) is 1. The van der Waals surface area contributed by atoms with E-state index in [0.29, 0.717) is 14.8 Å². The van der Waals surface area contributed by atoms with Gasteiger partial charge in [0.1, 0.15) is 11.6 Å². The molecule has 0 aliphatic heterocycles. The van der Waals surface area contributed by atoms with Crippen molar-refractivity contribution in [3.05, 3.63) is 55.7 Å². The van der Waals surface area contributed by atoms with Gasteiger partial charge in [-0.15, -0.1) is 22.9 Å². The molecule has 18 heavy (non-hydrogen) atoms. The van der Waals surface area contributed by atoms with Crippen molar-refractivity contribution in [1.29, 1.82) is 0 Å². The molecule has 0 radical (unpaired) electrons. The molecule has 1 atom stereocenters. The Labute approximate surface area is 118 Å². The second-order valence-electron chi connectivity index (χ2n) is 4.06. The highest BCUT2D eigenvalue weighted by Gasteiger charge is 2.23. The Bertz CT molecular complexity index is 573. The fourth-order valence-corrected chi connectivity index (χ4v) is 3.26. The highest BCUT2D eigenvalue weighted by Crippen LogP contribution is 2.39. The lowest BCUT2D eigenvalue weighted by atomic mass is 10.1. The maximum atomic E-state index is 14.0. The molecule has 2 rings (SSSR count). The standard InChI is InChI=1S/C13H10Cl2F2S/c1-6-3-4-8(16)10(12(6)17)11(14)9-5-7(2)13(15)18-9/h3-5,11H,1-2H3. The summed E-state index contributed by atoms with van der Waals surface area (Å²) >= 11 is 13.4. The summed E-state index contributed by atoms with van der Waals surface area (Å²) in [5, 5.41) is -0.860. The van der Waals surface area contributed by atoms with Gasteiger partial charge in [0, 0.05) is 10.4 Å². The Morgan fingerprint density at radius 1 is 1.17 bits per heavy atom. The van der Waals surface area contributed by atoms with Crippen LogP contribution in [0, 0.1) is 25.5 Å². The van der Waals surface area contributed by atoms with Crippen LogP contribution in [0.3, 0.4) is 0 Å². The number of halogens is 4. The summed E-state index contributed by atoms with van der Waals surface area (Å²) in [7, 11) is 0. The van der Waals surface area contributed by atoms with Crippen LogP contribution in [-0.2, 0) is 0 Å². The third-order valence-corrected chi connectivity index (χ3v) is 4.90. The molecular weight excluding hydrogens is 297 g/mol. The number of rotatable bonds is 2. The Kier molecular flexibility index (Phi) is 3.95. The summed E-state index contributed by atoms with van der Waals surface area (Å²) in [4.78, 5) is 0.641. The fraction of sp³-hybridized carbons (Fsp3) is 0.231. The van der Waals surface area contributed by atoms with Crippen LogP contribution in [0.1, 0.15) is 26.9 Å². The average molecular weight is 307 g/mol. The number of alkyl halides is 1. The first-order chi connectivity index (χ1) is 8.41. The molecule has 1 aromatic carbocycles. The molecule has 5 heteroatoms. The smallest absolute Gasteiger partial charge is 0.134 e. The molecule has 0 fully saturated rings. The van der Waals surface area contributed by atoms with Gasteiger partial charge in [0.2, 0.25) is 0 Å². The van der Waals surface area contributed by atoms with E-state index in [1.165, 1.54) is 23.5 Å². The second kappa shape index (κ2) is 5.16. The molecule has 0 bridgehead atoms. The Balaban J connectivity index is 2.52. The zero-order valence-corrected chi connectivity index (χ0v) is 12.1. The van der Waals surface area contributed by atoms with Gasteiger partial charge in [-0.3, -0.25) is 0 Å². The largest absolute Gasteiger partial charge is 0.207 e. The maximum absolute atomic E-state index is 14.0. The van der Waals surface area contributed by atoms with Gasteiger partial charge in [0.05, 0.1) is 9.71 Å². The minimum atomic E-state index is -0.860. The molecule has 0 N–H and O–H groups in total. The van der Waals surface area contributed by atoms with Crippen LogP contribution in [-0.4, -0.2) is 0 Å². The first-order valence-corrected chi connectivity index (χ1v) is 6.89. The SMILES string of the molecule is Cc1cc(C(Cl)c2c(F)ccc(C)c2F)sc1Cl. The minimum Gasteiger partial charge on any atom is -0.207 e. The van der Waals surface area contributed by atoms with Crippen LogP contribution in [0.5, 0.6) is 0 Å². The predicted octanol–water partition coefficient (Wildman–Crippen LogP) is 5.62. The molecule has 0 spiro atoms. The van der Waals surface area contributed by atoms with Crippen LogP contribution in [0.15, 0.2) is 18.2 Å². The van der Waals surface area contributed by atoms with E-state index in [0.717, 1.165) is 5.56 Å². The van der Waals surface area contributed by atoms with E-state index in [1.807, 2.05) is 6.92 Å². The normalized spacial score (nSPS) is 12.8. The van der Waals surface area contributed by atoms with Gasteiger partial charge < -0.3 is 0 Å². The van der Waals surface area contributed by atoms with Gasteiger partial charge in [-0.2, -0.15) is 0 Å². The molecule has 96 valence electrons. The quantitative estimate of drug-likeness (QED) is 0.631. The Morgan fingerprint density at radius 3 is 2.39 bits per heavy atom. The van der Waals surface area contributed by atoms with E-state index in [1.54, 1.807) is 13.0 Å². The maximum Gasteiger partial charge on any atom is 0.134 e. The van der Waals surface area contributed by atoms with Gasteiger partial charge in [-0.25, -0.2) is 8.78 Å². The van der Waals surface area contributed by atoms with Crippen LogP contribution in [0.2, 0.25) is 4.34 Å². The lowest BCUT2D eigenvalue weighted by Crippen LogP contribution is -2.01. The van der Waals surface area contributed by atoms with Crippen molar-refractivity contribution in [2.45, 2.75) is 19.2 Å². The number of thiophene rings is 1. The fourth-order valence-electron chi connectivity index (χ4n) is 1.66. The first-order valence-electron chi connectivity index (χ1n) is 5.26. The van der Waals surface area contributed by atoms with Crippen LogP contribution < -0.4 is 0 Å². The Hall–Kier alpha value is -0.640. The van der Waals surface area contributed by atoms with E-state index in [4.69, 9.17) is 23.2 Å². The van der Waals surface area contributed by atoms with E-state index >= 15 is 0 Å². The molecule has 0 saturated carbocycles. The van der Waals surface area contributed by atoms with Gasteiger partial charge in [0.25, 0.3) is 0 Å². The summed E-state index contributed by atoms with van der Waals surface area (Å²) < 4.78 is 28.3. The minimum absolute atomic E-state index is 0.116.